The second kappa shape index (κ2) is 9.58. The Labute approximate surface area is 180 Å². The van der Waals surface area contributed by atoms with Crippen LogP contribution in [0.1, 0.15) is 31.4 Å². The lowest BCUT2D eigenvalue weighted by molar-refractivity contribution is -0.137. The normalized spacial score (nSPS) is 13.0. The molecule has 2 rings (SSSR count). The van der Waals surface area contributed by atoms with Gasteiger partial charge in [-0.3, -0.25) is 0 Å². The van der Waals surface area contributed by atoms with Crippen molar-refractivity contribution in [3.05, 3.63) is 59.7 Å². The molecule has 0 saturated carbocycles. The highest BCUT2D eigenvalue weighted by atomic mass is 32.2. The van der Waals surface area contributed by atoms with Crippen molar-refractivity contribution in [2.24, 2.45) is 5.92 Å². The second-order valence-electron chi connectivity index (χ2n) is 7.48. The first-order chi connectivity index (χ1) is 14.2. The van der Waals surface area contributed by atoms with E-state index in [1.807, 2.05) is 13.8 Å². The van der Waals surface area contributed by atoms with E-state index in [2.05, 4.69) is 0 Å². The van der Waals surface area contributed by atoms with E-state index in [9.17, 15) is 30.0 Å². The summed E-state index contributed by atoms with van der Waals surface area (Å²) in [4.78, 5) is -0.442. The number of rotatable bonds is 9. The van der Waals surface area contributed by atoms with E-state index in [-0.39, 0.29) is 24.8 Å². The smallest absolute Gasteiger partial charge is 0.383 e. The zero-order valence-electron chi connectivity index (χ0n) is 17.3. The molecule has 0 aliphatic carbocycles. The average molecular weight is 480 g/mol. The molecule has 0 radical (unpaired) electrons. The van der Waals surface area contributed by atoms with Crippen LogP contribution in [0.4, 0.5) is 13.2 Å². The monoisotopic (exact) mass is 479 g/mol. The van der Waals surface area contributed by atoms with Crippen LogP contribution < -0.4 is 4.18 Å². The molecular formula is C20H24F3NO5S2. The van der Waals surface area contributed by atoms with Crippen LogP contribution in [0.5, 0.6) is 5.75 Å². The summed E-state index contributed by atoms with van der Waals surface area (Å²) in [6.45, 7) is 3.83. The number of hydrogen-bond donors (Lipinski definition) is 0. The van der Waals surface area contributed by atoms with Crippen LogP contribution in [-0.4, -0.2) is 33.9 Å². The van der Waals surface area contributed by atoms with Gasteiger partial charge in [0, 0.05) is 13.1 Å². The van der Waals surface area contributed by atoms with Gasteiger partial charge in [-0.15, -0.1) is 0 Å². The molecule has 0 aliphatic heterocycles. The number of nitrogens with zero attached hydrogens (tertiary/aromatic N) is 1. The summed E-state index contributed by atoms with van der Waals surface area (Å²) in [5, 5.41) is 0. The molecule has 2 aromatic rings. The Morgan fingerprint density at radius 3 is 2.13 bits per heavy atom. The van der Waals surface area contributed by atoms with Crippen LogP contribution in [0.3, 0.4) is 0 Å². The fraction of sp³-hybridized carbons (Fsp3) is 0.400. The van der Waals surface area contributed by atoms with Gasteiger partial charge in [0.15, 0.2) is 0 Å². The molecule has 0 fully saturated rings. The van der Waals surface area contributed by atoms with Gasteiger partial charge < -0.3 is 4.18 Å². The molecule has 0 N–H and O–H groups in total. The zero-order valence-corrected chi connectivity index (χ0v) is 18.9. The van der Waals surface area contributed by atoms with Crippen LogP contribution in [0.25, 0.3) is 0 Å². The summed E-state index contributed by atoms with van der Waals surface area (Å²) >= 11 is 0. The molecule has 0 bridgehead atoms. The van der Waals surface area contributed by atoms with Crippen LogP contribution in [0.2, 0.25) is 0 Å². The van der Waals surface area contributed by atoms with Crippen molar-refractivity contribution >= 4 is 20.1 Å². The van der Waals surface area contributed by atoms with E-state index in [1.54, 1.807) is 0 Å². The van der Waals surface area contributed by atoms with Gasteiger partial charge in [-0.2, -0.15) is 25.9 Å². The summed E-state index contributed by atoms with van der Waals surface area (Å²) in [7, 11) is -7.92. The molecular weight excluding hydrogens is 455 g/mol. The van der Waals surface area contributed by atoms with E-state index in [1.165, 1.54) is 24.3 Å². The summed E-state index contributed by atoms with van der Waals surface area (Å²) in [6, 6.07) is 9.42. The lowest BCUT2D eigenvalue weighted by atomic mass is 10.1. The molecule has 2 aromatic carbocycles. The molecule has 0 amide bonds. The standard InChI is InChI=1S/C20H24F3NO5S2/c1-15(2)11-12-24(14-16-7-9-18(10-8-16)29-30(3,25)26)31(27,28)19-6-4-5-17(13-19)20(21,22)23/h4-10,13,15H,11-12,14H2,1-3H3. The lowest BCUT2D eigenvalue weighted by Gasteiger charge is -2.24. The van der Waals surface area contributed by atoms with Gasteiger partial charge in [-0.25, -0.2) is 8.42 Å². The molecule has 0 unspecified atom stereocenters. The third kappa shape index (κ3) is 7.51. The second-order valence-corrected chi connectivity index (χ2v) is 11.0. The number of hydrogen-bond acceptors (Lipinski definition) is 5. The van der Waals surface area contributed by atoms with Crippen molar-refractivity contribution in [1.82, 2.24) is 4.31 Å². The maximum Gasteiger partial charge on any atom is 0.416 e. The van der Waals surface area contributed by atoms with E-state index < -0.39 is 36.8 Å². The molecule has 6 nitrogen and oxygen atoms in total. The van der Waals surface area contributed by atoms with Gasteiger partial charge >= 0.3 is 16.3 Å². The predicted molar refractivity (Wildman–Crippen MR) is 110 cm³/mol. The summed E-state index contributed by atoms with van der Waals surface area (Å²) in [6.07, 6.45) is -3.26. The van der Waals surface area contributed by atoms with Gasteiger partial charge in [0.2, 0.25) is 10.0 Å². The van der Waals surface area contributed by atoms with Crippen molar-refractivity contribution < 1.29 is 34.2 Å². The maximum absolute atomic E-state index is 13.1. The van der Waals surface area contributed by atoms with Gasteiger partial charge in [0.25, 0.3) is 0 Å². The molecule has 11 heteroatoms. The predicted octanol–water partition coefficient (Wildman–Crippen LogP) is 4.28. The number of halogens is 3. The minimum atomic E-state index is -4.66. The van der Waals surface area contributed by atoms with E-state index in [0.717, 1.165) is 28.8 Å². The Morgan fingerprint density at radius 1 is 1.00 bits per heavy atom. The number of alkyl halides is 3. The highest BCUT2D eigenvalue weighted by Crippen LogP contribution is 2.31. The summed E-state index contributed by atoms with van der Waals surface area (Å²) < 4.78 is 93.7. The van der Waals surface area contributed by atoms with Crippen LogP contribution in [0, 0.1) is 5.92 Å². The van der Waals surface area contributed by atoms with Crippen molar-refractivity contribution in [3.8, 4) is 5.75 Å². The minimum Gasteiger partial charge on any atom is -0.383 e. The van der Waals surface area contributed by atoms with Crippen molar-refractivity contribution in [2.45, 2.75) is 37.9 Å². The first kappa shape index (κ1) is 25.2. The molecule has 31 heavy (non-hydrogen) atoms. The van der Waals surface area contributed by atoms with E-state index in [0.29, 0.717) is 18.1 Å². The number of benzene rings is 2. The van der Waals surface area contributed by atoms with Gasteiger partial charge in [-0.05, 0) is 48.2 Å². The van der Waals surface area contributed by atoms with Gasteiger partial charge in [0.05, 0.1) is 16.7 Å². The van der Waals surface area contributed by atoms with E-state index in [4.69, 9.17) is 4.18 Å². The van der Waals surface area contributed by atoms with Crippen LogP contribution in [0.15, 0.2) is 53.4 Å². The molecule has 172 valence electrons. The first-order valence-electron chi connectivity index (χ1n) is 9.34. The Hall–Kier alpha value is -2.11. The summed E-state index contributed by atoms with van der Waals surface area (Å²) in [5.41, 5.74) is -0.514. The molecule has 0 saturated heterocycles. The van der Waals surface area contributed by atoms with E-state index >= 15 is 0 Å². The molecule has 0 aliphatic rings. The molecule has 0 heterocycles. The van der Waals surface area contributed by atoms with Crippen LogP contribution >= 0.6 is 0 Å². The summed E-state index contributed by atoms with van der Waals surface area (Å²) in [5.74, 6) is 0.241. The van der Waals surface area contributed by atoms with Crippen LogP contribution in [-0.2, 0) is 32.9 Å². The van der Waals surface area contributed by atoms with Crippen molar-refractivity contribution in [2.75, 3.05) is 12.8 Å². The fourth-order valence-electron chi connectivity index (χ4n) is 2.70. The quantitative estimate of drug-likeness (QED) is 0.502. The molecule has 0 atom stereocenters. The first-order valence-corrected chi connectivity index (χ1v) is 12.6. The largest absolute Gasteiger partial charge is 0.416 e. The topological polar surface area (TPSA) is 80.8 Å². The third-order valence-electron chi connectivity index (χ3n) is 4.28. The molecule has 0 spiro atoms. The Bertz CT molecular complexity index is 1100. The lowest BCUT2D eigenvalue weighted by Crippen LogP contribution is -2.32. The zero-order chi connectivity index (χ0) is 23.4. The number of sulfonamides is 1. The maximum atomic E-state index is 13.1. The molecule has 0 aromatic heterocycles. The average Bonchev–Trinajstić information content (AvgIpc) is 2.64. The highest BCUT2D eigenvalue weighted by Gasteiger charge is 2.33. The Balaban J connectivity index is 2.35. The Morgan fingerprint density at radius 2 is 1.61 bits per heavy atom. The fourth-order valence-corrected chi connectivity index (χ4v) is 4.65. The van der Waals surface area contributed by atoms with Gasteiger partial charge in [-0.1, -0.05) is 32.0 Å². The van der Waals surface area contributed by atoms with Crippen molar-refractivity contribution in [1.29, 1.82) is 0 Å². The van der Waals surface area contributed by atoms with Crippen molar-refractivity contribution in [3.63, 3.8) is 0 Å². The highest BCUT2D eigenvalue weighted by molar-refractivity contribution is 7.89. The third-order valence-corrected chi connectivity index (χ3v) is 6.62. The van der Waals surface area contributed by atoms with Gasteiger partial charge in [0.1, 0.15) is 5.75 Å². The SMILES string of the molecule is CC(C)CCN(Cc1ccc(OS(C)(=O)=O)cc1)S(=O)(=O)c1cccc(C(F)(F)F)c1. The Kier molecular flexibility index (Phi) is 7.77. The minimum absolute atomic E-state index is 0.0701.